The Morgan fingerprint density at radius 2 is 0.860 bits per heavy atom. The molecule has 2 aliphatic heterocycles. The van der Waals surface area contributed by atoms with E-state index in [1.165, 1.54) is 6.92 Å². The van der Waals surface area contributed by atoms with E-state index in [1.54, 1.807) is 0 Å². The lowest BCUT2D eigenvalue weighted by atomic mass is 9.96. The molecule has 43 heavy (non-hydrogen) atoms. The Bertz CT molecular complexity index is 1070. The Morgan fingerprint density at radius 3 is 1.30 bits per heavy atom. The van der Waals surface area contributed by atoms with Crippen molar-refractivity contribution in [2.75, 3.05) is 6.61 Å². The van der Waals surface area contributed by atoms with Crippen LogP contribution in [0, 0.1) is 0 Å². The van der Waals surface area contributed by atoms with Gasteiger partial charge in [-0.05, 0) is 6.92 Å². The molecule has 0 bridgehead atoms. The minimum atomic E-state index is -1.65. The molecule has 2 heterocycles. The number of rotatable bonds is 10. The van der Waals surface area contributed by atoms with Gasteiger partial charge in [0, 0.05) is 48.5 Å². The first-order chi connectivity index (χ1) is 20.0. The second kappa shape index (κ2) is 15.6. The fraction of sp³-hybridized carbons (Fsp3) is 0.731. The van der Waals surface area contributed by atoms with Crippen molar-refractivity contribution in [3.8, 4) is 0 Å². The van der Waals surface area contributed by atoms with Crippen LogP contribution in [-0.2, 0) is 80.9 Å². The number of carbonyl (C=O) groups excluding carboxylic acids is 7. The maximum absolute atomic E-state index is 12.2. The van der Waals surface area contributed by atoms with Crippen LogP contribution in [0.1, 0.15) is 55.4 Å². The summed E-state index contributed by atoms with van der Waals surface area (Å²) in [7, 11) is 0. The summed E-state index contributed by atoms with van der Waals surface area (Å²) in [6.07, 6.45) is -14.7. The van der Waals surface area contributed by atoms with Crippen molar-refractivity contribution in [3.63, 3.8) is 0 Å². The van der Waals surface area contributed by atoms with Gasteiger partial charge < -0.3 is 47.4 Å². The average molecular weight is 621 g/mol. The molecular formula is C26H36O17. The Morgan fingerprint density at radius 1 is 0.465 bits per heavy atom. The van der Waals surface area contributed by atoms with Gasteiger partial charge in [-0.1, -0.05) is 0 Å². The van der Waals surface area contributed by atoms with E-state index in [0.29, 0.717) is 0 Å². The molecule has 0 radical (unpaired) electrons. The smallest absolute Gasteiger partial charge is 0.305 e. The summed E-state index contributed by atoms with van der Waals surface area (Å²) in [6.45, 7) is 8.38. The van der Waals surface area contributed by atoms with Gasteiger partial charge in [0.2, 0.25) is 12.4 Å². The number of hydrogen-bond acceptors (Lipinski definition) is 17. The van der Waals surface area contributed by atoms with Crippen molar-refractivity contribution in [2.45, 2.75) is 117 Å². The minimum absolute atomic E-state index is 0.549. The monoisotopic (exact) mass is 620 g/mol. The first-order valence-corrected chi connectivity index (χ1v) is 13.1. The van der Waals surface area contributed by atoms with Gasteiger partial charge in [0.15, 0.2) is 30.7 Å². The van der Waals surface area contributed by atoms with Crippen molar-refractivity contribution in [2.24, 2.45) is 0 Å². The Balaban J connectivity index is 2.63. The molecule has 2 aliphatic rings. The topological polar surface area (TPSA) is 212 Å². The fourth-order valence-corrected chi connectivity index (χ4v) is 4.51. The lowest BCUT2D eigenvalue weighted by molar-refractivity contribution is -0.354. The molecule has 0 N–H and O–H groups in total. The quantitative estimate of drug-likeness (QED) is 0.225. The van der Waals surface area contributed by atoms with Crippen LogP contribution < -0.4 is 0 Å². The summed E-state index contributed by atoms with van der Waals surface area (Å²) in [6, 6.07) is 0. The summed E-state index contributed by atoms with van der Waals surface area (Å²) in [5, 5.41) is 0. The highest BCUT2D eigenvalue weighted by atomic mass is 16.8. The fourth-order valence-electron chi connectivity index (χ4n) is 4.51. The van der Waals surface area contributed by atoms with Crippen LogP contribution in [0.4, 0.5) is 0 Å². The Labute approximate surface area is 246 Å². The molecular weight excluding hydrogens is 584 g/mol. The summed E-state index contributed by atoms with van der Waals surface area (Å²) in [5.74, 6) is -5.79. The standard InChI is InChI=1S/C26H36O17/c1-10-19(36-12(3)28)21(37-13(4)29)23(39-15(6)31)25(35-10)43-20-18(9-34-11(2)27)42-26(41-17(8)33)24(40-16(7)32)22(20)38-14(5)30/h10,18-26H,9H2,1-8H3/t10-,18-,19+,20+,21+,22+,23-,24-,25-,26-/m1/s1. The minimum Gasteiger partial charge on any atom is -0.463 e. The zero-order valence-corrected chi connectivity index (χ0v) is 24.9. The number of hydrogen-bond donors (Lipinski definition) is 0. The van der Waals surface area contributed by atoms with Crippen LogP contribution >= 0.6 is 0 Å². The van der Waals surface area contributed by atoms with Gasteiger partial charge in [-0.2, -0.15) is 0 Å². The van der Waals surface area contributed by atoms with E-state index in [2.05, 4.69) is 0 Å². The zero-order chi connectivity index (χ0) is 32.6. The third-order valence-electron chi connectivity index (χ3n) is 5.85. The first kappa shape index (κ1) is 35.4. The molecule has 242 valence electrons. The molecule has 0 aromatic carbocycles. The predicted molar refractivity (Wildman–Crippen MR) is 134 cm³/mol. The van der Waals surface area contributed by atoms with Gasteiger partial charge in [0.05, 0.1) is 6.10 Å². The molecule has 17 nitrogen and oxygen atoms in total. The van der Waals surface area contributed by atoms with Gasteiger partial charge in [-0.15, -0.1) is 0 Å². The van der Waals surface area contributed by atoms with Crippen LogP contribution in [-0.4, -0.2) is 110 Å². The average Bonchev–Trinajstić information content (AvgIpc) is 2.84. The van der Waals surface area contributed by atoms with Crippen molar-refractivity contribution >= 4 is 41.8 Å². The van der Waals surface area contributed by atoms with Crippen LogP contribution in [0.3, 0.4) is 0 Å². The van der Waals surface area contributed by atoms with E-state index in [9.17, 15) is 33.6 Å². The van der Waals surface area contributed by atoms with Gasteiger partial charge in [-0.3, -0.25) is 33.6 Å². The van der Waals surface area contributed by atoms with E-state index in [0.717, 1.165) is 48.5 Å². The maximum atomic E-state index is 12.2. The van der Waals surface area contributed by atoms with Crippen molar-refractivity contribution in [1.29, 1.82) is 0 Å². The van der Waals surface area contributed by atoms with Gasteiger partial charge in [0.25, 0.3) is 0 Å². The third kappa shape index (κ3) is 10.4. The third-order valence-corrected chi connectivity index (χ3v) is 5.85. The lowest BCUT2D eigenvalue weighted by Gasteiger charge is -2.48. The van der Waals surface area contributed by atoms with E-state index in [4.69, 9.17) is 47.4 Å². The molecule has 2 rings (SSSR count). The molecule has 2 saturated heterocycles. The predicted octanol–water partition coefficient (Wildman–Crippen LogP) is -0.374. The largest absolute Gasteiger partial charge is 0.463 e. The molecule has 0 spiro atoms. The molecule has 0 saturated carbocycles. The number of carbonyl (C=O) groups is 7. The SMILES string of the molecule is CC(=O)OC[C@H]1O[C@@H](OC(C)=O)[C@H](OC(C)=O)[C@@H](OC(C)=O)[C@H]1O[C@H]1O[C@H](C)[C@H](OC(C)=O)[C@H](OC(C)=O)[C@H]1OC(C)=O. The lowest BCUT2D eigenvalue weighted by Crippen LogP contribution is -2.66. The highest BCUT2D eigenvalue weighted by Gasteiger charge is 2.57. The highest BCUT2D eigenvalue weighted by Crippen LogP contribution is 2.35. The first-order valence-electron chi connectivity index (χ1n) is 13.1. The summed E-state index contributed by atoms with van der Waals surface area (Å²) >= 11 is 0. The zero-order valence-electron chi connectivity index (χ0n) is 24.9. The summed E-state index contributed by atoms with van der Waals surface area (Å²) in [5.41, 5.74) is 0. The maximum Gasteiger partial charge on any atom is 0.305 e. The summed E-state index contributed by atoms with van der Waals surface area (Å²) < 4.78 is 54.9. The van der Waals surface area contributed by atoms with Crippen LogP contribution in [0.5, 0.6) is 0 Å². The molecule has 17 heteroatoms. The van der Waals surface area contributed by atoms with E-state index in [1.807, 2.05) is 0 Å². The number of esters is 7. The molecule has 0 aromatic heterocycles. The van der Waals surface area contributed by atoms with E-state index in [-0.39, 0.29) is 0 Å². The Kier molecular flexibility index (Phi) is 12.8. The molecule has 0 amide bonds. The van der Waals surface area contributed by atoms with Crippen LogP contribution in [0.15, 0.2) is 0 Å². The van der Waals surface area contributed by atoms with Crippen LogP contribution in [0.2, 0.25) is 0 Å². The normalized spacial score (nSPS) is 31.9. The Hall–Kier alpha value is -3.83. The molecule has 0 aliphatic carbocycles. The molecule has 0 unspecified atom stereocenters. The second-order valence-electron chi connectivity index (χ2n) is 9.64. The van der Waals surface area contributed by atoms with Gasteiger partial charge >= 0.3 is 41.8 Å². The molecule has 10 atom stereocenters. The number of ether oxygens (including phenoxy) is 10. The van der Waals surface area contributed by atoms with E-state index < -0.39 is 110 Å². The highest BCUT2D eigenvalue weighted by molar-refractivity contribution is 5.69. The summed E-state index contributed by atoms with van der Waals surface area (Å²) in [4.78, 5) is 83.7. The van der Waals surface area contributed by atoms with Crippen molar-refractivity contribution in [3.05, 3.63) is 0 Å². The van der Waals surface area contributed by atoms with E-state index >= 15 is 0 Å². The van der Waals surface area contributed by atoms with Gasteiger partial charge in [-0.25, -0.2) is 0 Å². The van der Waals surface area contributed by atoms with Crippen LogP contribution in [0.25, 0.3) is 0 Å². The molecule has 0 aromatic rings. The molecule has 2 fully saturated rings. The van der Waals surface area contributed by atoms with Gasteiger partial charge in [0.1, 0.15) is 18.8 Å². The second-order valence-corrected chi connectivity index (χ2v) is 9.64. The van der Waals surface area contributed by atoms with Crippen molar-refractivity contribution in [1.82, 2.24) is 0 Å². The van der Waals surface area contributed by atoms with Crippen molar-refractivity contribution < 1.29 is 80.9 Å².